The molecule has 0 saturated heterocycles. The SMILES string of the molecule is COc1ccc(C2=C(Nc3ccccc3C)C(=O)N(CC(C)C)C2=O)cc1OC. The highest BCUT2D eigenvalue weighted by Crippen LogP contribution is 2.36. The quantitative estimate of drug-likeness (QED) is 0.723. The van der Waals surface area contributed by atoms with Gasteiger partial charge >= 0.3 is 0 Å². The summed E-state index contributed by atoms with van der Waals surface area (Å²) in [7, 11) is 3.09. The number of anilines is 1. The Morgan fingerprint density at radius 3 is 2.28 bits per heavy atom. The standard InChI is InChI=1S/C23H26N2O4/c1-14(2)13-25-22(26)20(16-10-11-18(28-4)19(12-16)29-5)21(23(25)27)24-17-9-7-6-8-15(17)3/h6-12,14,24H,13H2,1-5H3. The van der Waals surface area contributed by atoms with Crippen molar-refractivity contribution < 1.29 is 19.1 Å². The third-order valence-electron chi connectivity index (χ3n) is 4.79. The van der Waals surface area contributed by atoms with Crippen molar-refractivity contribution in [3.8, 4) is 11.5 Å². The van der Waals surface area contributed by atoms with Gasteiger partial charge in [-0.1, -0.05) is 38.1 Å². The Bertz CT molecular complexity index is 979. The molecular formula is C23H26N2O4. The first-order valence-electron chi connectivity index (χ1n) is 9.52. The average Bonchev–Trinajstić information content (AvgIpc) is 2.93. The number of hydrogen-bond donors (Lipinski definition) is 1. The first-order chi connectivity index (χ1) is 13.9. The largest absolute Gasteiger partial charge is 0.493 e. The van der Waals surface area contributed by atoms with Crippen molar-refractivity contribution in [2.45, 2.75) is 20.8 Å². The summed E-state index contributed by atoms with van der Waals surface area (Å²) in [5, 5.41) is 3.20. The number of amides is 2. The summed E-state index contributed by atoms with van der Waals surface area (Å²) in [6.07, 6.45) is 0. The second-order valence-corrected chi connectivity index (χ2v) is 7.37. The van der Waals surface area contributed by atoms with Crippen molar-refractivity contribution >= 4 is 23.1 Å². The van der Waals surface area contributed by atoms with Crippen LogP contribution in [0.5, 0.6) is 11.5 Å². The van der Waals surface area contributed by atoms with Crippen LogP contribution in [0.3, 0.4) is 0 Å². The van der Waals surface area contributed by atoms with Gasteiger partial charge in [-0.05, 0) is 42.2 Å². The Morgan fingerprint density at radius 1 is 0.966 bits per heavy atom. The molecular weight excluding hydrogens is 368 g/mol. The maximum Gasteiger partial charge on any atom is 0.278 e. The maximum absolute atomic E-state index is 13.2. The molecule has 0 aromatic heterocycles. The van der Waals surface area contributed by atoms with Crippen molar-refractivity contribution in [2.24, 2.45) is 5.92 Å². The molecule has 1 N–H and O–H groups in total. The summed E-state index contributed by atoms with van der Waals surface area (Å²) >= 11 is 0. The van der Waals surface area contributed by atoms with Gasteiger partial charge in [0, 0.05) is 12.2 Å². The minimum absolute atomic E-state index is 0.160. The van der Waals surface area contributed by atoms with Crippen LogP contribution in [0.1, 0.15) is 25.0 Å². The Kier molecular flexibility index (Phi) is 5.92. The summed E-state index contributed by atoms with van der Waals surface area (Å²) in [5.74, 6) is 0.576. The highest BCUT2D eigenvalue weighted by Gasteiger charge is 2.39. The van der Waals surface area contributed by atoms with Gasteiger partial charge in [-0.3, -0.25) is 14.5 Å². The number of carbonyl (C=O) groups excluding carboxylic acids is 2. The molecule has 0 saturated carbocycles. The molecule has 152 valence electrons. The van der Waals surface area contributed by atoms with E-state index < -0.39 is 0 Å². The first-order valence-corrected chi connectivity index (χ1v) is 9.52. The molecule has 2 amide bonds. The second kappa shape index (κ2) is 8.39. The molecule has 1 aliphatic rings. The topological polar surface area (TPSA) is 67.9 Å². The molecule has 0 fully saturated rings. The molecule has 0 aliphatic carbocycles. The van der Waals surface area contributed by atoms with Crippen LogP contribution in [0.4, 0.5) is 5.69 Å². The van der Waals surface area contributed by atoms with E-state index in [4.69, 9.17) is 9.47 Å². The third kappa shape index (κ3) is 3.97. The van der Waals surface area contributed by atoms with Crippen LogP contribution in [0.2, 0.25) is 0 Å². The smallest absolute Gasteiger partial charge is 0.278 e. The van der Waals surface area contributed by atoms with E-state index in [2.05, 4.69) is 5.32 Å². The summed E-state index contributed by atoms with van der Waals surface area (Å²) in [6.45, 7) is 6.26. The monoisotopic (exact) mass is 394 g/mol. The molecule has 2 aromatic rings. The Hall–Kier alpha value is -3.28. The van der Waals surface area contributed by atoms with E-state index in [1.54, 1.807) is 25.3 Å². The number of para-hydroxylation sites is 1. The number of hydrogen-bond acceptors (Lipinski definition) is 5. The van der Waals surface area contributed by atoms with Gasteiger partial charge < -0.3 is 14.8 Å². The number of benzene rings is 2. The van der Waals surface area contributed by atoms with Gasteiger partial charge in [-0.2, -0.15) is 0 Å². The predicted molar refractivity (Wildman–Crippen MR) is 113 cm³/mol. The van der Waals surface area contributed by atoms with Crippen molar-refractivity contribution in [1.29, 1.82) is 0 Å². The molecule has 1 heterocycles. The second-order valence-electron chi connectivity index (χ2n) is 7.37. The molecule has 6 heteroatoms. The fourth-order valence-corrected chi connectivity index (χ4v) is 3.33. The molecule has 0 bridgehead atoms. The third-order valence-corrected chi connectivity index (χ3v) is 4.79. The van der Waals surface area contributed by atoms with Crippen molar-refractivity contribution in [2.75, 3.05) is 26.1 Å². The lowest BCUT2D eigenvalue weighted by atomic mass is 10.0. The lowest BCUT2D eigenvalue weighted by Crippen LogP contribution is -2.35. The predicted octanol–water partition coefficient (Wildman–Crippen LogP) is 3.86. The number of aryl methyl sites for hydroxylation is 1. The summed E-state index contributed by atoms with van der Waals surface area (Å²) in [4.78, 5) is 27.7. The highest BCUT2D eigenvalue weighted by atomic mass is 16.5. The lowest BCUT2D eigenvalue weighted by molar-refractivity contribution is -0.137. The van der Waals surface area contributed by atoms with Crippen molar-refractivity contribution in [3.05, 3.63) is 59.3 Å². The Labute approximate surface area is 171 Å². The van der Waals surface area contributed by atoms with Crippen molar-refractivity contribution in [3.63, 3.8) is 0 Å². The fourth-order valence-electron chi connectivity index (χ4n) is 3.33. The number of rotatable bonds is 7. The maximum atomic E-state index is 13.2. The Morgan fingerprint density at radius 2 is 1.66 bits per heavy atom. The summed E-state index contributed by atoms with van der Waals surface area (Å²) in [5.41, 5.74) is 2.97. The van der Waals surface area contributed by atoms with E-state index in [0.717, 1.165) is 11.3 Å². The van der Waals surface area contributed by atoms with E-state index in [1.165, 1.54) is 12.0 Å². The Balaban J connectivity index is 2.13. The molecule has 2 aromatic carbocycles. The zero-order chi connectivity index (χ0) is 21.1. The minimum atomic E-state index is -0.322. The van der Waals surface area contributed by atoms with Gasteiger partial charge in [0.2, 0.25) is 0 Å². The van der Waals surface area contributed by atoms with Gasteiger partial charge in [-0.25, -0.2) is 0 Å². The number of nitrogens with zero attached hydrogens (tertiary/aromatic N) is 1. The average molecular weight is 394 g/mol. The van der Waals surface area contributed by atoms with Gasteiger partial charge in [-0.15, -0.1) is 0 Å². The number of ether oxygens (including phenoxy) is 2. The molecule has 6 nitrogen and oxygen atoms in total. The van der Waals surface area contributed by atoms with Crippen LogP contribution in [-0.4, -0.2) is 37.5 Å². The normalized spacial score (nSPS) is 14.1. The lowest BCUT2D eigenvalue weighted by Gasteiger charge is -2.17. The summed E-state index contributed by atoms with van der Waals surface area (Å²) < 4.78 is 10.7. The van der Waals surface area contributed by atoms with Crippen LogP contribution < -0.4 is 14.8 Å². The molecule has 0 atom stereocenters. The molecule has 29 heavy (non-hydrogen) atoms. The van der Waals surface area contributed by atoms with Gasteiger partial charge in [0.15, 0.2) is 11.5 Å². The van der Waals surface area contributed by atoms with E-state index in [0.29, 0.717) is 29.2 Å². The number of nitrogens with one attached hydrogen (secondary N) is 1. The number of carbonyl (C=O) groups is 2. The van der Waals surface area contributed by atoms with Gasteiger partial charge in [0.1, 0.15) is 5.70 Å². The van der Waals surface area contributed by atoms with E-state index in [-0.39, 0.29) is 23.4 Å². The zero-order valence-electron chi connectivity index (χ0n) is 17.4. The van der Waals surface area contributed by atoms with Crippen LogP contribution in [0.15, 0.2) is 48.2 Å². The minimum Gasteiger partial charge on any atom is -0.493 e. The molecule has 3 rings (SSSR count). The number of methoxy groups -OCH3 is 2. The van der Waals surface area contributed by atoms with Crippen LogP contribution >= 0.6 is 0 Å². The van der Waals surface area contributed by atoms with E-state index >= 15 is 0 Å². The van der Waals surface area contributed by atoms with Crippen LogP contribution in [-0.2, 0) is 9.59 Å². The van der Waals surface area contributed by atoms with Crippen LogP contribution in [0.25, 0.3) is 5.57 Å². The molecule has 0 radical (unpaired) electrons. The van der Waals surface area contributed by atoms with Gasteiger partial charge in [0.25, 0.3) is 11.8 Å². The molecule has 0 unspecified atom stereocenters. The fraction of sp³-hybridized carbons (Fsp3) is 0.304. The van der Waals surface area contributed by atoms with Crippen molar-refractivity contribution in [1.82, 2.24) is 4.90 Å². The zero-order valence-corrected chi connectivity index (χ0v) is 17.4. The van der Waals surface area contributed by atoms with Crippen LogP contribution in [0, 0.1) is 12.8 Å². The molecule has 0 spiro atoms. The highest BCUT2D eigenvalue weighted by molar-refractivity contribution is 6.36. The first kappa shape index (κ1) is 20.5. The summed E-state index contributed by atoms with van der Waals surface area (Å²) in [6, 6.07) is 12.9. The molecule has 1 aliphatic heterocycles. The van der Waals surface area contributed by atoms with Gasteiger partial charge in [0.05, 0.1) is 19.8 Å². The van der Waals surface area contributed by atoms with E-state index in [9.17, 15) is 9.59 Å². The number of imide groups is 1. The van der Waals surface area contributed by atoms with E-state index in [1.807, 2.05) is 45.0 Å².